The third-order valence-electron chi connectivity index (χ3n) is 2.37. The second kappa shape index (κ2) is 7.22. The lowest BCUT2D eigenvalue weighted by molar-refractivity contribution is -0.997. The van der Waals surface area contributed by atoms with Crippen molar-refractivity contribution in [3.8, 4) is 0 Å². The third-order valence-corrected chi connectivity index (χ3v) is 3.81. The summed E-state index contributed by atoms with van der Waals surface area (Å²) in [6.07, 6.45) is 0. The summed E-state index contributed by atoms with van der Waals surface area (Å²) in [5, 5.41) is 37.1. The van der Waals surface area contributed by atoms with Gasteiger partial charge in [0.1, 0.15) is 15.7 Å². The molecule has 21 heavy (non-hydrogen) atoms. The Morgan fingerprint density at radius 2 is 2.00 bits per heavy atom. The highest BCUT2D eigenvalue weighted by Crippen LogP contribution is 2.23. The molecule has 0 heterocycles. The number of carbonyl (C=O) groups is 1. The van der Waals surface area contributed by atoms with Crippen LogP contribution < -0.4 is 10.5 Å². The molecule has 0 amide bonds. The Morgan fingerprint density at radius 1 is 1.38 bits per heavy atom. The van der Waals surface area contributed by atoms with Gasteiger partial charge in [0.05, 0.1) is 13.2 Å². The molecule has 114 valence electrons. The lowest BCUT2D eigenvalue weighted by Crippen LogP contribution is -3.01. The molecule has 4 N–H and O–H groups in total. The monoisotopic (exact) mass is 316 g/mol. The zero-order valence-corrected chi connectivity index (χ0v) is 11.6. The lowest BCUT2D eigenvalue weighted by Gasteiger charge is -2.18. The molecular formula is C11H12N2O7S. The predicted octanol–water partition coefficient (Wildman–Crippen LogP) is -1.56. The van der Waals surface area contributed by atoms with Gasteiger partial charge in [-0.3, -0.25) is 0 Å². The summed E-state index contributed by atoms with van der Waals surface area (Å²) in [5.74, 6) is -0.970. The Bertz CT molecular complexity index is 623. The highest BCUT2D eigenvalue weighted by Gasteiger charge is 2.25. The fourth-order valence-corrected chi connectivity index (χ4v) is 2.53. The van der Waals surface area contributed by atoms with E-state index in [1.807, 2.05) is 0 Å². The van der Waals surface area contributed by atoms with Crippen molar-refractivity contribution in [2.45, 2.75) is 4.90 Å². The van der Waals surface area contributed by atoms with E-state index < -0.39 is 37.8 Å². The first kappa shape index (κ1) is 17.2. The van der Waals surface area contributed by atoms with Gasteiger partial charge in [-0.2, -0.15) is 10.5 Å². The number of quaternary nitrogens is 2. The van der Waals surface area contributed by atoms with E-state index >= 15 is 0 Å². The fourth-order valence-electron chi connectivity index (χ4n) is 1.41. The summed E-state index contributed by atoms with van der Waals surface area (Å²) in [5.41, 5.74) is 1.36. The van der Waals surface area contributed by atoms with Gasteiger partial charge in [-0.05, 0) is 6.07 Å². The molecule has 0 aliphatic rings. The number of hydrogen-bond acceptors (Lipinski definition) is 7. The first-order valence-electron chi connectivity index (χ1n) is 5.34. The average Bonchev–Trinajstić information content (AvgIpc) is 2.46. The van der Waals surface area contributed by atoms with Crippen LogP contribution in [-0.4, -0.2) is 27.7 Å². The van der Waals surface area contributed by atoms with Crippen molar-refractivity contribution in [2.24, 2.45) is 0 Å². The van der Waals surface area contributed by atoms with Crippen molar-refractivity contribution in [2.75, 3.05) is 7.11 Å². The number of hydrogen-bond donors (Lipinski definition) is 4. The number of nitrogens with one attached hydrogen (secondary N) is 2. The largest absolute Gasteiger partial charge is 0.595 e. The van der Waals surface area contributed by atoms with E-state index in [4.69, 9.17) is 10.4 Å². The van der Waals surface area contributed by atoms with Crippen molar-refractivity contribution in [3.63, 3.8) is 0 Å². The molecule has 0 aliphatic carbocycles. The van der Waals surface area contributed by atoms with Crippen LogP contribution in [0.25, 0.3) is 0 Å². The Labute approximate surface area is 121 Å². The first-order valence-corrected chi connectivity index (χ1v) is 6.49. The maximum absolute atomic E-state index is 12.2. The molecule has 1 rings (SSSR count). The number of methoxy groups -OCH3 is 1. The molecule has 0 saturated heterocycles. The van der Waals surface area contributed by atoms with Crippen molar-refractivity contribution in [3.05, 3.63) is 45.8 Å². The smallest absolute Gasteiger partial charge is 0.355 e. The maximum Gasteiger partial charge on any atom is 0.355 e. The lowest BCUT2D eigenvalue weighted by atomic mass is 10.3. The van der Waals surface area contributed by atoms with Crippen molar-refractivity contribution in [1.29, 1.82) is 0 Å². The van der Waals surface area contributed by atoms with Gasteiger partial charge in [0, 0.05) is 6.07 Å². The number of ether oxygens (including phenoxy) is 1. The summed E-state index contributed by atoms with van der Waals surface area (Å²) >= 11 is 0. The number of rotatable bonds is 5. The minimum absolute atomic E-state index is 0.246. The number of benzene rings is 1. The van der Waals surface area contributed by atoms with E-state index in [1.54, 1.807) is 0 Å². The second-order valence-corrected chi connectivity index (χ2v) is 4.97. The molecule has 0 spiro atoms. The molecule has 9 nitrogen and oxygen atoms in total. The predicted molar refractivity (Wildman–Crippen MR) is 69.1 cm³/mol. The molecule has 3 unspecified atom stereocenters. The zero-order valence-electron chi connectivity index (χ0n) is 10.8. The summed E-state index contributed by atoms with van der Waals surface area (Å²) < 4.78 is 16.6. The van der Waals surface area contributed by atoms with Crippen molar-refractivity contribution >= 4 is 28.1 Å². The van der Waals surface area contributed by atoms with Crippen LogP contribution in [0.3, 0.4) is 0 Å². The Hall–Kier alpha value is -1.88. The van der Waals surface area contributed by atoms with E-state index in [1.165, 1.54) is 0 Å². The van der Waals surface area contributed by atoms with Crippen LogP contribution >= 0.6 is 0 Å². The minimum Gasteiger partial charge on any atom is -0.595 e. The van der Waals surface area contributed by atoms with Crippen LogP contribution in [0.1, 0.15) is 0 Å². The molecule has 0 bridgehead atoms. The molecule has 0 saturated carbocycles. The average molecular weight is 316 g/mol. The van der Waals surface area contributed by atoms with E-state index in [-0.39, 0.29) is 10.6 Å². The van der Waals surface area contributed by atoms with Gasteiger partial charge in [0.15, 0.2) is 16.3 Å². The topological polar surface area (TPSA) is 139 Å². The van der Waals surface area contributed by atoms with Gasteiger partial charge >= 0.3 is 5.97 Å². The molecule has 3 atom stereocenters. The van der Waals surface area contributed by atoms with Gasteiger partial charge in [-0.25, -0.2) is 19.4 Å². The van der Waals surface area contributed by atoms with Gasteiger partial charge in [0.2, 0.25) is 0 Å². The molecule has 0 fully saturated rings. The van der Waals surface area contributed by atoms with Gasteiger partial charge in [-0.1, -0.05) is 6.58 Å². The third kappa shape index (κ3) is 3.82. The molecule has 1 aromatic carbocycles. The van der Waals surface area contributed by atoms with Crippen LogP contribution in [0.5, 0.6) is 0 Å². The Morgan fingerprint density at radius 3 is 2.43 bits per heavy atom. The van der Waals surface area contributed by atoms with Crippen molar-refractivity contribution in [1.82, 2.24) is 0 Å². The van der Waals surface area contributed by atoms with E-state index in [9.17, 15) is 19.4 Å². The van der Waals surface area contributed by atoms with Crippen molar-refractivity contribution < 1.29 is 34.6 Å². The molecule has 0 aliphatic heterocycles. The van der Waals surface area contributed by atoms with Gasteiger partial charge in [-0.15, -0.1) is 5.73 Å². The normalized spacial score (nSPS) is 14.7. The first-order chi connectivity index (χ1) is 9.83. The standard InChI is InChI=1S/C11H12N2O7S/c1-3-9(11(14)20-2)21(19)10-5-4-7(12(15)16)6-8(10)13(17)18/h4-6,12-13,15,17H,1H2,2H3. The maximum atomic E-state index is 12.2. The van der Waals surface area contributed by atoms with Crippen LogP contribution in [0.4, 0.5) is 11.4 Å². The van der Waals surface area contributed by atoms with Crippen LogP contribution in [0.15, 0.2) is 40.3 Å². The van der Waals surface area contributed by atoms with Gasteiger partial charge in [0.25, 0.3) is 0 Å². The SMILES string of the molecule is C=C=C(C(=O)OC)S(=O)c1ccc([NH+]([O-])O)cc1[NH+]([O-])O. The minimum atomic E-state index is -2.21. The molecule has 10 heteroatoms. The highest BCUT2D eigenvalue weighted by molar-refractivity contribution is 7.90. The fraction of sp³-hybridized carbons (Fsp3) is 0.0909. The Kier molecular flexibility index (Phi) is 5.90. The van der Waals surface area contributed by atoms with E-state index in [0.717, 1.165) is 25.3 Å². The van der Waals surface area contributed by atoms with Crippen LogP contribution in [0, 0.1) is 10.4 Å². The van der Waals surface area contributed by atoms with Crippen LogP contribution in [0.2, 0.25) is 0 Å². The summed E-state index contributed by atoms with van der Waals surface area (Å²) in [7, 11) is -1.15. The molecule has 1 aromatic rings. The quantitative estimate of drug-likeness (QED) is 0.223. The number of carbonyl (C=O) groups excluding carboxylic acids is 1. The van der Waals surface area contributed by atoms with E-state index in [0.29, 0.717) is 0 Å². The van der Waals surface area contributed by atoms with Gasteiger partial charge < -0.3 is 15.2 Å². The van der Waals surface area contributed by atoms with Crippen LogP contribution in [-0.2, 0) is 20.3 Å². The zero-order chi connectivity index (χ0) is 16.2. The molecule has 0 radical (unpaired) electrons. The second-order valence-electron chi connectivity index (χ2n) is 3.59. The summed E-state index contributed by atoms with van der Waals surface area (Å²) in [6, 6.07) is 3.00. The van der Waals surface area contributed by atoms with E-state index in [2.05, 4.69) is 17.0 Å². The summed E-state index contributed by atoms with van der Waals surface area (Å²) in [6.45, 7) is 3.20. The summed E-state index contributed by atoms with van der Waals surface area (Å²) in [4.78, 5) is 10.7. The molecule has 0 aromatic heterocycles. The molecular weight excluding hydrogens is 304 g/mol. The highest BCUT2D eigenvalue weighted by atomic mass is 32.2. The Balaban J connectivity index is 3.39. The number of esters is 1.